The van der Waals surface area contributed by atoms with E-state index in [9.17, 15) is 5.11 Å². The first kappa shape index (κ1) is 22.3. The highest BCUT2D eigenvalue weighted by atomic mass is 35.5. The molecule has 1 aromatic heterocycles. The van der Waals surface area contributed by atoms with Gasteiger partial charge in [0.2, 0.25) is 0 Å². The molecule has 5 nitrogen and oxygen atoms in total. The molecule has 140 valence electrons. The van der Waals surface area contributed by atoms with Crippen LogP contribution >= 0.6 is 36.2 Å². The van der Waals surface area contributed by atoms with Crippen LogP contribution in [0.2, 0.25) is 0 Å². The third-order valence-corrected chi connectivity index (χ3v) is 4.62. The maximum absolute atomic E-state index is 10.9. The Morgan fingerprint density at radius 1 is 1.24 bits per heavy atom. The first-order valence-electron chi connectivity index (χ1n) is 7.89. The summed E-state index contributed by atoms with van der Waals surface area (Å²) in [4.78, 5) is 6.62. The summed E-state index contributed by atoms with van der Waals surface area (Å²) in [5, 5.41) is 17.2. The molecular formula is C17H25Cl2N3O2S. The molecule has 0 spiro atoms. The van der Waals surface area contributed by atoms with E-state index in [1.165, 1.54) is 5.56 Å². The molecule has 2 aromatic rings. The predicted molar refractivity (Wildman–Crippen MR) is 106 cm³/mol. The monoisotopic (exact) mass is 405 g/mol. The van der Waals surface area contributed by atoms with Gasteiger partial charge in [-0.25, -0.2) is 4.98 Å². The van der Waals surface area contributed by atoms with E-state index in [2.05, 4.69) is 27.3 Å². The number of aliphatic hydroxyl groups is 1. The minimum atomic E-state index is -0.872. The molecule has 0 aliphatic carbocycles. The number of hydrogen-bond acceptors (Lipinski definition) is 6. The summed E-state index contributed by atoms with van der Waals surface area (Å²) in [6, 6.07) is 10.3. The van der Waals surface area contributed by atoms with Crippen LogP contribution in [0.15, 0.2) is 41.9 Å². The van der Waals surface area contributed by atoms with E-state index >= 15 is 0 Å². The van der Waals surface area contributed by atoms with Crippen LogP contribution in [0.3, 0.4) is 0 Å². The molecule has 1 saturated heterocycles. The van der Waals surface area contributed by atoms with E-state index in [1.54, 1.807) is 11.3 Å². The summed E-state index contributed by atoms with van der Waals surface area (Å²) < 4.78 is 5.54. The van der Waals surface area contributed by atoms with Crippen molar-refractivity contribution in [2.24, 2.45) is 0 Å². The standard InChI is InChI=1S/C17H23N3O2S.2ClH/c21-17(12-18-6-8-22-14-17)13-20(11-16-19-7-9-23-16)10-15-4-2-1-3-5-15;;/h1-5,7,9,18,21H,6,8,10-14H2;2*1H. The number of halogens is 2. The minimum Gasteiger partial charge on any atom is -0.385 e. The van der Waals surface area contributed by atoms with Crippen LogP contribution in [0.5, 0.6) is 0 Å². The summed E-state index contributed by atoms with van der Waals surface area (Å²) >= 11 is 1.65. The summed E-state index contributed by atoms with van der Waals surface area (Å²) in [7, 11) is 0. The lowest BCUT2D eigenvalue weighted by Crippen LogP contribution is -2.51. The first-order chi connectivity index (χ1) is 11.2. The molecule has 0 bridgehead atoms. The number of aromatic nitrogens is 1. The summed E-state index contributed by atoms with van der Waals surface area (Å²) in [6.07, 6.45) is 1.83. The number of benzene rings is 1. The average Bonchev–Trinajstić information content (AvgIpc) is 2.95. The van der Waals surface area contributed by atoms with Gasteiger partial charge in [-0.1, -0.05) is 30.3 Å². The zero-order valence-electron chi connectivity index (χ0n) is 14.0. The van der Waals surface area contributed by atoms with Gasteiger partial charge in [0.25, 0.3) is 0 Å². The SMILES string of the molecule is Cl.Cl.OC1(CN(Cc2ccccc2)Cc2nccs2)CNCCOC1. The maximum Gasteiger partial charge on any atom is 0.113 e. The summed E-state index contributed by atoms with van der Waals surface area (Å²) in [5.41, 5.74) is 0.359. The Labute approximate surface area is 165 Å². The van der Waals surface area contributed by atoms with Crippen LogP contribution in [0.25, 0.3) is 0 Å². The topological polar surface area (TPSA) is 57.6 Å². The van der Waals surface area contributed by atoms with Gasteiger partial charge in [-0.05, 0) is 5.56 Å². The number of rotatable bonds is 6. The highest BCUT2D eigenvalue weighted by Crippen LogP contribution is 2.17. The third kappa shape index (κ3) is 7.19. The molecule has 0 amide bonds. The van der Waals surface area contributed by atoms with Crippen LogP contribution in [0.1, 0.15) is 10.6 Å². The van der Waals surface area contributed by atoms with Crippen molar-refractivity contribution in [2.75, 3.05) is 32.8 Å². The van der Waals surface area contributed by atoms with E-state index in [1.807, 2.05) is 29.8 Å². The second-order valence-electron chi connectivity index (χ2n) is 6.01. The van der Waals surface area contributed by atoms with Gasteiger partial charge in [0.1, 0.15) is 10.6 Å². The lowest BCUT2D eigenvalue weighted by molar-refractivity contribution is -0.0518. The quantitative estimate of drug-likeness (QED) is 0.772. The highest BCUT2D eigenvalue weighted by molar-refractivity contribution is 7.09. The van der Waals surface area contributed by atoms with E-state index in [4.69, 9.17) is 4.74 Å². The fraction of sp³-hybridized carbons (Fsp3) is 0.471. The lowest BCUT2D eigenvalue weighted by atomic mass is 10.0. The predicted octanol–water partition coefficient (Wildman–Crippen LogP) is 2.34. The van der Waals surface area contributed by atoms with Gasteiger partial charge in [-0.2, -0.15) is 0 Å². The second kappa shape index (κ2) is 11.1. The molecular weight excluding hydrogens is 381 g/mol. The van der Waals surface area contributed by atoms with Gasteiger partial charge < -0.3 is 15.2 Å². The molecule has 2 N–H and O–H groups in total. The number of nitrogens with zero attached hydrogens (tertiary/aromatic N) is 2. The van der Waals surface area contributed by atoms with Crippen molar-refractivity contribution < 1.29 is 9.84 Å². The van der Waals surface area contributed by atoms with E-state index in [0.29, 0.717) is 26.3 Å². The summed E-state index contributed by atoms with van der Waals surface area (Å²) in [6.45, 7) is 4.41. The Hall–Kier alpha value is -0.730. The van der Waals surface area contributed by atoms with Gasteiger partial charge in [0.05, 0.1) is 19.8 Å². The van der Waals surface area contributed by atoms with Crippen LogP contribution in [0.4, 0.5) is 0 Å². The van der Waals surface area contributed by atoms with Crippen LogP contribution in [-0.4, -0.2) is 53.4 Å². The first-order valence-corrected chi connectivity index (χ1v) is 8.77. The molecule has 1 aromatic carbocycles. The molecule has 2 heterocycles. The molecule has 25 heavy (non-hydrogen) atoms. The maximum atomic E-state index is 10.9. The molecule has 1 fully saturated rings. The minimum absolute atomic E-state index is 0. The van der Waals surface area contributed by atoms with Crippen molar-refractivity contribution in [1.29, 1.82) is 0 Å². The Bertz CT molecular complexity index is 579. The third-order valence-electron chi connectivity index (χ3n) is 3.86. The van der Waals surface area contributed by atoms with E-state index < -0.39 is 5.60 Å². The Kier molecular flexibility index (Phi) is 9.89. The Morgan fingerprint density at radius 2 is 2.04 bits per heavy atom. The van der Waals surface area contributed by atoms with Crippen LogP contribution < -0.4 is 5.32 Å². The zero-order valence-corrected chi connectivity index (χ0v) is 16.4. The van der Waals surface area contributed by atoms with Gasteiger partial charge in [-0.15, -0.1) is 36.2 Å². The Balaban J connectivity index is 0.00000156. The zero-order chi connectivity index (χ0) is 16.0. The number of hydrogen-bond donors (Lipinski definition) is 2. The molecule has 1 aliphatic rings. The molecule has 1 unspecified atom stereocenters. The molecule has 1 atom stereocenters. The van der Waals surface area contributed by atoms with Crippen LogP contribution in [0, 0.1) is 0 Å². The van der Waals surface area contributed by atoms with Crippen molar-refractivity contribution >= 4 is 36.2 Å². The van der Waals surface area contributed by atoms with Crippen molar-refractivity contribution in [1.82, 2.24) is 15.2 Å². The molecule has 3 rings (SSSR count). The fourth-order valence-corrected chi connectivity index (χ4v) is 3.49. The van der Waals surface area contributed by atoms with Crippen LogP contribution in [-0.2, 0) is 17.8 Å². The van der Waals surface area contributed by atoms with Crippen molar-refractivity contribution in [3.05, 3.63) is 52.5 Å². The Morgan fingerprint density at radius 3 is 2.76 bits per heavy atom. The highest BCUT2D eigenvalue weighted by Gasteiger charge is 2.31. The lowest BCUT2D eigenvalue weighted by Gasteiger charge is -2.32. The second-order valence-corrected chi connectivity index (χ2v) is 6.99. The van der Waals surface area contributed by atoms with E-state index in [-0.39, 0.29) is 24.8 Å². The van der Waals surface area contributed by atoms with Gasteiger partial charge in [-0.3, -0.25) is 4.90 Å². The number of nitrogens with one attached hydrogen (secondary N) is 1. The van der Waals surface area contributed by atoms with Gasteiger partial charge in [0.15, 0.2) is 0 Å². The largest absolute Gasteiger partial charge is 0.385 e. The number of thiazole rings is 1. The van der Waals surface area contributed by atoms with Crippen molar-refractivity contribution in [3.63, 3.8) is 0 Å². The number of ether oxygens (including phenoxy) is 1. The smallest absolute Gasteiger partial charge is 0.113 e. The normalized spacial score (nSPS) is 20.4. The van der Waals surface area contributed by atoms with E-state index in [0.717, 1.165) is 24.6 Å². The van der Waals surface area contributed by atoms with Gasteiger partial charge in [0, 0.05) is 37.8 Å². The molecule has 1 aliphatic heterocycles. The van der Waals surface area contributed by atoms with Crippen molar-refractivity contribution in [2.45, 2.75) is 18.7 Å². The molecule has 0 saturated carbocycles. The summed E-state index contributed by atoms with van der Waals surface area (Å²) in [5.74, 6) is 0. The van der Waals surface area contributed by atoms with Crippen molar-refractivity contribution in [3.8, 4) is 0 Å². The fourth-order valence-electron chi connectivity index (χ4n) is 2.83. The molecule has 0 radical (unpaired) electrons. The molecule has 8 heteroatoms. The van der Waals surface area contributed by atoms with Gasteiger partial charge >= 0.3 is 0 Å². The number of β-amino-alcohol motifs (C(OH)–C–C–N with tert-alkyl or cyclic N) is 1. The average molecular weight is 406 g/mol.